The van der Waals surface area contributed by atoms with E-state index < -0.39 is 10.0 Å². The molecule has 0 fully saturated rings. The van der Waals surface area contributed by atoms with Gasteiger partial charge in [0.2, 0.25) is 0 Å². The van der Waals surface area contributed by atoms with Gasteiger partial charge in [-0.15, -0.1) is 22.7 Å². The van der Waals surface area contributed by atoms with E-state index in [2.05, 4.69) is 9.71 Å². The quantitative estimate of drug-likeness (QED) is 0.886. The number of thiazole rings is 1. The van der Waals surface area contributed by atoms with Gasteiger partial charge in [-0.2, -0.15) is 0 Å². The van der Waals surface area contributed by atoms with Gasteiger partial charge < -0.3 is 5.73 Å². The monoisotopic (exact) mass is 317 g/mol. The standard InChI is InChI=1S/C11H15N3O2S3/c1-3-9-5-13-11(18-9)7(2)14-19(15,16)10-4-8(12)6-17-10/h4-7,14H,3,12H2,1-2H3. The van der Waals surface area contributed by atoms with Gasteiger partial charge in [0.15, 0.2) is 0 Å². The van der Waals surface area contributed by atoms with Crippen LogP contribution in [0.1, 0.15) is 29.8 Å². The van der Waals surface area contributed by atoms with Crippen molar-refractivity contribution >= 4 is 38.4 Å². The van der Waals surface area contributed by atoms with Crippen LogP contribution < -0.4 is 10.5 Å². The molecule has 0 bridgehead atoms. The van der Waals surface area contributed by atoms with Crippen LogP contribution in [-0.4, -0.2) is 13.4 Å². The predicted molar refractivity (Wildman–Crippen MR) is 79.0 cm³/mol. The van der Waals surface area contributed by atoms with Crippen molar-refractivity contribution in [2.45, 2.75) is 30.5 Å². The van der Waals surface area contributed by atoms with Crippen molar-refractivity contribution in [2.24, 2.45) is 0 Å². The predicted octanol–water partition coefficient (Wildman–Crippen LogP) is 2.39. The molecule has 0 saturated carbocycles. The first-order valence-corrected chi connectivity index (χ1v) is 8.91. The normalized spacial score (nSPS) is 13.6. The lowest BCUT2D eigenvalue weighted by Gasteiger charge is -2.10. The first-order valence-electron chi connectivity index (χ1n) is 5.73. The number of thiophene rings is 1. The number of nitrogens with zero attached hydrogens (tertiary/aromatic N) is 1. The number of aromatic nitrogens is 1. The highest BCUT2D eigenvalue weighted by Gasteiger charge is 2.21. The lowest BCUT2D eigenvalue weighted by molar-refractivity contribution is 0.568. The van der Waals surface area contributed by atoms with Crippen molar-refractivity contribution in [2.75, 3.05) is 5.73 Å². The molecule has 0 aromatic carbocycles. The van der Waals surface area contributed by atoms with E-state index in [4.69, 9.17) is 5.73 Å². The summed E-state index contributed by atoms with van der Waals surface area (Å²) >= 11 is 2.63. The summed E-state index contributed by atoms with van der Waals surface area (Å²) in [6, 6.07) is 1.11. The summed E-state index contributed by atoms with van der Waals surface area (Å²) in [6.45, 7) is 3.83. The van der Waals surface area contributed by atoms with Gasteiger partial charge in [-0.25, -0.2) is 18.1 Å². The van der Waals surface area contributed by atoms with E-state index in [-0.39, 0.29) is 10.3 Å². The molecule has 0 aliphatic carbocycles. The maximum absolute atomic E-state index is 12.1. The molecule has 2 heterocycles. The summed E-state index contributed by atoms with van der Waals surface area (Å²) in [7, 11) is -3.53. The summed E-state index contributed by atoms with van der Waals surface area (Å²) in [4.78, 5) is 5.38. The SMILES string of the molecule is CCc1cnc(C(C)NS(=O)(=O)c2cc(N)cs2)s1. The zero-order valence-corrected chi connectivity index (χ0v) is 13.0. The Bertz CT molecular complexity index is 660. The molecule has 0 aliphatic rings. The topological polar surface area (TPSA) is 85.1 Å². The molecule has 1 atom stereocenters. The Morgan fingerprint density at radius 1 is 1.53 bits per heavy atom. The first kappa shape index (κ1) is 14.4. The molecule has 2 rings (SSSR count). The lowest BCUT2D eigenvalue weighted by atomic mass is 10.4. The highest BCUT2D eigenvalue weighted by molar-refractivity contribution is 7.91. The fraction of sp³-hybridized carbons (Fsp3) is 0.364. The number of rotatable bonds is 5. The second-order valence-corrected chi connectivity index (χ2v) is 8.06. The van der Waals surface area contributed by atoms with Crippen LogP contribution in [0.25, 0.3) is 0 Å². The van der Waals surface area contributed by atoms with Gasteiger partial charge in [-0.3, -0.25) is 0 Å². The van der Waals surface area contributed by atoms with Crippen LogP contribution >= 0.6 is 22.7 Å². The molecule has 0 radical (unpaired) electrons. The molecule has 19 heavy (non-hydrogen) atoms. The van der Waals surface area contributed by atoms with Crippen LogP contribution in [0.15, 0.2) is 21.9 Å². The molecule has 2 aromatic heterocycles. The Morgan fingerprint density at radius 2 is 2.26 bits per heavy atom. The number of nitrogens with two attached hydrogens (primary N) is 1. The minimum absolute atomic E-state index is 0.226. The molecular formula is C11H15N3O2S3. The van der Waals surface area contributed by atoms with Crippen molar-refractivity contribution in [3.05, 3.63) is 27.5 Å². The van der Waals surface area contributed by atoms with Crippen molar-refractivity contribution in [3.63, 3.8) is 0 Å². The van der Waals surface area contributed by atoms with E-state index in [0.29, 0.717) is 5.69 Å². The number of nitrogen functional groups attached to an aromatic ring is 1. The minimum atomic E-state index is -3.53. The second-order valence-electron chi connectivity index (χ2n) is 4.06. The number of aryl methyl sites for hydroxylation is 1. The molecule has 8 heteroatoms. The zero-order chi connectivity index (χ0) is 14.0. The lowest BCUT2D eigenvalue weighted by Crippen LogP contribution is -2.26. The Kier molecular flexibility index (Phi) is 4.24. The Labute approximate surface area is 120 Å². The average molecular weight is 317 g/mol. The molecule has 0 spiro atoms. The Morgan fingerprint density at radius 3 is 2.79 bits per heavy atom. The second kappa shape index (κ2) is 5.58. The zero-order valence-electron chi connectivity index (χ0n) is 10.6. The number of hydrogen-bond acceptors (Lipinski definition) is 6. The third-order valence-electron chi connectivity index (χ3n) is 2.48. The maximum Gasteiger partial charge on any atom is 0.250 e. The summed E-state index contributed by atoms with van der Waals surface area (Å²) < 4.78 is 27.1. The number of sulfonamides is 1. The molecular weight excluding hydrogens is 302 g/mol. The van der Waals surface area contributed by atoms with Crippen LogP contribution in [0.3, 0.4) is 0 Å². The van der Waals surface area contributed by atoms with Crippen LogP contribution in [0.4, 0.5) is 5.69 Å². The number of hydrogen-bond donors (Lipinski definition) is 2. The van der Waals surface area contributed by atoms with Crippen molar-refractivity contribution in [3.8, 4) is 0 Å². The third-order valence-corrected chi connectivity index (χ3v) is 6.81. The van der Waals surface area contributed by atoms with Gasteiger partial charge in [0.05, 0.1) is 6.04 Å². The van der Waals surface area contributed by atoms with E-state index >= 15 is 0 Å². The minimum Gasteiger partial charge on any atom is -0.398 e. The van der Waals surface area contributed by atoms with Crippen molar-refractivity contribution in [1.82, 2.24) is 9.71 Å². The molecule has 104 valence electrons. The largest absolute Gasteiger partial charge is 0.398 e. The van der Waals surface area contributed by atoms with E-state index in [1.807, 2.05) is 6.92 Å². The summed E-state index contributed by atoms with van der Waals surface area (Å²) in [5.41, 5.74) is 6.01. The number of anilines is 1. The average Bonchev–Trinajstić information content (AvgIpc) is 2.96. The fourth-order valence-corrected chi connectivity index (χ4v) is 4.74. The third kappa shape index (κ3) is 3.33. The van der Waals surface area contributed by atoms with Crippen LogP contribution in [-0.2, 0) is 16.4 Å². The van der Waals surface area contributed by atoms with Crippen molar-refractivity contribution < 1.29 is 8.42 Å². The van der Waals surface area contributed by atoms with Crippen LogP contribution in [0.2, 0.25) is 0 Å². The molecule has 0 aliphatic heterocycles. The van der Waals surface area contributed by atoms with Gasteiger partial charge in [-0.1, -0.05) is 6.92 Å². The van der Waals surface area contributed by atoms with Gasteiger partial charge in [-0.05, 0) is 19.4 Å². The first-order chi connectivity index (χ1) is 8.92. The van der Waals surface area contributed by atoms with E-state index in [9.17, 15) is 8.42 Å². The maximum atomic E-state index is 12.1. The Balaban J connectivity index is 2.16. The highest BCUT2D eigenvalue weighted by Crippen LogP contribution is 2.25. The van der Waals surface area contributed by atoms with Gasteiger partial charge in [0.1, 0.15) is 9.22 Å². The molecule has 1 unspecified atom stereocenters. The van der Waals surface area contributed by atoms with E-state index in [0.717, 1.165) is 27.6 Å². The molecule has 0 amide bonds. The highest BCUT2D eigenvalue weighted by atomic mass is 32.2. The summed E-state index contributed by atoms with van der Waals surface area (Å²) in [6.07, 6.45) is 2.69. The van der Waals surface area contributed by atoms with Gasteiger partial charge in [0, 0.05) is 22.1 Å². The molecule has 0 saturated heterocycles. The molecule has 5 nitrogen and oxygen atoms in total. The molecule has 2 aromatic rings. The van der Waals surface area contributed by atoms with Gasteiger partial charge in [0.25, 0.3) is 10.0 Å². The smallest absolute Gasteiger partial charge is 0.250 e. The van der Waals surface area contributed by atoms with E-state index in [1.165, 1.54) is 17.4 Å². The Hall–Kier alpha value is -0.960. The van der Waals surface area contributed by atoms with Crippen LogP contribution in [0, 0.1) is 0 Å². The summed E-state index contributed by atoms with van der Waals surface area (Å²) in [5.74, 6) is 0. The van der Waals surface area contributed by atoms with E-state index in [1.54, 1.807) is 18.5 Å². The molecule has 3 N–H and O–H groups in total. The van der Waals surface area contributed by atoms with Crippen molar-refractivity contribution in [1.29, 1.82) is 0 Å². The summed E-state index contributed by atoms with van der Waals surface area (Å²) in [5, 5.41) is 2.38. The fourth-order valence-electron chi connectivity index (χ4n) is 1.50. The number of nitrogens with one attached hydrogen (secondary N) is 1. The van der Waals surface area contributed by atoms with Crippen LogP contribution in [0.5, 0.6) is 0 Å². The van der Waals surface area contributed by atoms with Gasteiger partial charge >= 0.3 is 0 Å².